The Morgan fingerprint density at radius 3 is 2.52 bits per heavy atom. The molecule has 0 saturated heterocycles. The van der Waals surface area contributed by atoms with Gasteiger partial charge in [0, 0.05) is 25.2 Å². The van der Waals surface area contributed by atoms with E-state index in [4.69, 9.17) is 0 Å². The Balaban J connectivity index is 3.01. The fraction of sp³-hybridized carbons (Fsp3) is 0.571. The Morgan fingerprint density at radius 2 is 1.95 bits per heavy atom. The van der Waals surface area contributed by atoms with Gasteiger partial charge < -0.3 is 10.2 Å². The molecule has 21 heavy (non-hydrogen) atoms. The molecule has 7 heteroatoms. The Hall–Kier alpha value is -1.02. The molecule has 0 unspecified atom stereocenters. The topological polar surface area (TPSA) is 61.4 Å². The number of likely N-dealkylation sites (N-methyl/N-ethyl adjacent to an activating group) is 1. The van der Waals surface area contributed by atoms with Crippen molar-refractivity contribution in [3.63, 3.8) is 0 Å². The van der Waals surface area contributed by atoms with Crippen molar-refractivity contribution in [2.75, 3.05) is 33.7 Å². The Labute approximate surface area is 126 Å². The zero-order valence-corrected chi connectivity index (χ0v) is 13.8. The van der Waals surface area contributed by atoms with Crippen molar-refractivity contribution in [1.29, 1.82) is 0 Å². The third kappa shape index (κ3) is 5.35. The molecule has 1 aromatic carbocycles. The van der Waals surface area contributed by atoms with Gasteiger partial charge in [0.15, 0.2) is 0 Å². The highest BCUT2D eigenvalue weighted by molar-refractivity contribution is 7.89. The second-order valence-corrected chi connectivity index (χ2v) is 6.92. The molecule has 5 nitrogen and oxygen atoms in total. The lowest BCUT2D eigenvalue weighted by atomic mass is 10.1. The number of rotatable bonds is 8. The third-order valence-corrected chi connectivity index (χ3v) is 4.66. The summed E-state index contributed by atoms with van der Waals surface area (Å²) in [6.45, 7) is 5.45. The van der Waals surface area contributed by atoms with E-state index >= 15 is 0 Å². The van der Waals surface area contributed by atoms with Gasteiger partial charge in [-0.15, -0.1) is 0 Å². The number of hydrogen-bond acceptors (Lipinski definition) is 4. The van der Waals surface area contributed by atoms with Gasteiger partial charge in [-0.05, 0) is 45.3 Å². The maximum absolute atomic E-state index is 13.9. The second kappa shape index (κ2) is 7.84. The summed E-state index contributed by atoms with van der Waals surface area (Å²) >= 11 is 0. The molecule has 1 rings (SSSR count). The van der Waals surface area contributed by atoms with E-state index < -0.39 is 15.8 Å². The molecule has 2 N–H and O–H groups in total. The lowest BCUT2D eigenvalue weighted by Gasteiger charge is -2.14. The highest BCUT2D eigenvalue weighted by Crippen LogP contribution is 2.20. The van der Waals surface area contributed by atoms with Crippen LogP contribution < -0.4 is 10.0 Å². The standard InChI is InChI=1S/C14H24FN3O2S/c1-5-16-10-12-8-13(15)11(2)14(9-12)21(19,20)17-6-7-18(3)4/h8-9,16-17H,5-7,10H2,1-4H3. The molecule has 0 amide bonds. The minimum atomic E-state index is -3.70. The zero-order chi connectivity index (χ0) is 16.0. The molecule has 0 aliphatic rings. The minimum absolute atomic E-state index is 0.00848. The smallest absolute Gasteiger partial charge is 0.240 e. The van der Waals surface area contributed by atoms with Crippen LogP contribution in [0.5, 0.6) is 0 Å². The van der Waals surface area contributed by atoms with Gasteiger partial charge in [-0.25, -0.2) is 17.5 Å². The Kier molecular flexibility index (Phi) is 6.73. The molecule has 0 fully saturated rings. The molecule has 0 aliphatic heterocycles. The lowest BCUT2D eigenvalue weighted by Crippen LogP contribution is -2.32. The van der Waals surface area contributed by atoms with Crippen molar-refractivity contribution in [3.8, 4) is 0 Å². The zero-order valence-electron chi connectivity index (χ0n) is 13.0. The first-order valence-electron chi connectivity index (χ1n) is 6.92. The fourth-order valence-corrected chi connectivity index (χ4v) is 3.16. The minimum Gasteiger partial charge on any atom is -0.313 e. The fourth-order valence-electron chi connectivity index (χ4n) is 1.84. The van der Waals surface area contributed by atoms with Gasteiger partial charge in [-0.3, -0.25) is 0 Å². The van der Waals surface area contributed by atoms with Crippen LogP contribution in [0.4, 0.5) is 4.39 Å². The maximum atomic E-state index is 13.9. The predicted molar refractivity (Wildman–Crippen MR) is 82.3 cm³/mol. The molecule has 0 aliphatic carbocycles. The van der Waals surface area contributed by atoms with Crippen LogP contribution >= 0.6 is 0 Å². The van der Waals surface area contributed by atoms with Crippen molar-refractivity contribution in [2.24, 2.45) is 0 Å². The van der Waals surface area contributed by atoms with Crippen LogP contribution in [-0.4, -0.2) is 47.0 Å². The maximum Gasteiger partial charge on any atom is 0.240 e. The van der Waals surface area contributed by atoms with Crippen molar-refractivity contribution < 1.29 is 12.8 Å². The van der Waals surface area contributed by atoms with E-state index in [2.05, 4.69) is 10.0 Å². The van der Waals surface area contributed by atoms with Crippen LogP contribution in [0.25, 0.3) is 0 Å². The first kappa shape index (κ1) is 18.0. The number of sulfonamides is 1. The first-order valence-corrected chi connectivity index (χ1v) is 8.40. The lowest BCUT2D eigenvalue weighted by molar-refractivity contribution is 0.412. The van der Waals surface area contributed by atoms with Gasteiger partial charge in [-0.1, -0.05) is 6.92 Å². The first-order chi connectivity index (χ1) is 9.77. The number of benzene rings is 1. The summed E-state index contributed by atoms with van der Waals surface area (Å²) in [6, 6.07) is 2.90. The predicted octanol–water partition coefficient (Wildman–Crippen LogP) is 1.08. The summed E-state index contributed by atoms with van der Waals surface area (Å²) in [5, 5.41) is 3.06. The van der Waals surface area contributed by atoms with Crippen LogP contribution in [0.15, 0.2) is 17.0 Å². The van der Waals surface area contributed by atoms with E-state index in [-0.39, 0.29) is 17.0 Å². The molecular weight excluding hydrogens is 293 g/mol. The number of nitrogens with one attached hydrogen (secondary N) is 2. The van der Waals surface area contributed by atoms with E-state index in [1.807, 2.05) is 25.9 Å². The molecular formula is C14H24FN3O2S. The summed E-state index contributed by atoms with van der Waals surface area (Å²) in [4.78, 5) is 1.88. The largest absolute Gasteiger partial charge is 0.313 e. The molecule has 0 saturated carbocycles. The molecule has 0 aromatic heterocycles. The normalized spacial score (nSPS) is 12.1. The molecule has 120 valence electrons. The molecule has 0 spiro atoms. The van der Waals surface area contributed by atoms with Crippen molar-refractivity contribution >= 4 is 10.0 Å². The Morgan fingerprint density at radius 1 is 1.29 bits per heavy atom. The van der Waals surface area contributed by atoms with Gasteiger partial charge in [-0.2, -0.15) is 0 Å². The SMILES string of the molecule is CCNCc1cc(F)c(C)c(S(=O)(=O)NCCN(C)C)c1. The average molecular weight is 317 g/mol. The van der Waals surface area contributed by atoms with Crippen LogP contribution in [-0.2, 0) is 16.6 Å². The van der Waals surface area contributed by atoms with Gasteiger partial charge >= 0.3 is 0 Å². The van der Waals surface area contributed by atoms with Crippen molar-refractivity contribution in [2.45, 2.75) is 25.3 Å². The molecule has 0 bridgehead atoms. The van der Waals surface area contributed by atoms with E-state index in [0.717, 1.165) is 6.54 Å². The van der Waals surface area contributed by atoms with Gasteiger partial charge in [0.2, 0.25) is 10.0 Å². The quantitative estimate of drug-likeness (QED) is 0.753. The second-order valence-electron chi connectivity index (χ2n) is 5.18. The molecule has 0 radical (unpaired) electrons. The van der Waals surface area contributed by atoms with Gasteiger partial charge in [0.25, 0.3) is 0 Å². The monoisotopic (exact) mass is 317 g/mol. The average Bonchev–Trinajstić information content (AvgIpc) is 2.39. The summed E-state index contributed by atoms with van der Waals surface area (Å²) in [6.07, 6.45) is 0. The van der Waals surface area contributed by atoms with Gasteiger partial charge in [0.1, 0.15) is 5.82 Å². The molecule has 0 atom stereocenters. The summed E-state index contributed by atoms with van der Waals surface area (Å²) in [5.41, 5.74) is 0.764. The Bertz CT molecular complexity index is 574. The van der Waals surface area contributed by atoms with Gasteiger partial charge in [0.05, 0.1) is 4.90 Å². The number of hydrogen-bond donors (Lipinski definition) is 2. The highest BCUT2D eigenvalue weighted by Gasteiger charge is 2.19. The van der Waals surface area contributed by atoms with Crippen LogP contribution in [0.2, 0.25) is 0 Å². The van der Waals surface area contributed by atoms with E-state index in [1.54, 1.807) is 0 Å². The summed E-state index contributed by atoms with van der Waals surface area (Å²) < 4.78 is 41.0. The molecule has 0 heterocycles. The van der Waals surface area contributed by atoms with Crippen LogP contribution in [0, 0.1) is 12.7 Å². The summed E-state index contributed by atoms with van der Waals surface area (Å²) in [7, 11) is 0.0137. The number of nitrogens with zero attached hydrogens (tertiary/aromatic N) is 1. The van der Waals surface area contributed by atoms with E-state index in [0.29, 0.717) is 18.7 Å². The third-order valence-electron chi connectivity index (χ3n) is 3.08. The summed E-state index contributed by atoms with van der Waals surface area (Å²) in [5.74, 6) is -0.501. The van der Waals surface area contributed by atoms with Crippen molar-refractivity contribution in [1.82, 2.24) is 14.9 Å². The van der Waals surface area contributed by atoms with Crippen molar-refractivity contribution in [3.05, 3.63) is 29.1 Å². The van der Waals surface area contributed by atoms with E-state index in [1.165, 1.54) is 19.1 Å². The highest BCUT2D eigenvalue weighted by atomic mass is 32.2. The van der Waals surface area contributed by atoms with E-state index in [9.17, 15) is 12.8 Å². The molecule has 1 aromatic rings. The van der Waals surface area contributed by atoms with Crippen LogP contribution in [0.1, 0.15) is 18.1 Å². The number of halogens is 1. The van der Waals surface area contributed by atoms with Crippen LogP contribution in [0.3, 0.4) is 0 Å².